The van der Waals surface area contributed by atoms with Crippen molar-refractivity contribution >= 4 is 17.2 Å². The van der Waals surface area contributed by atoms with E-state index in [0.29, 0.717) is 22.1 Å². The molecule has 7 heteroatoms. The standard InChI is InChI=1S/C16H10F2N2O2S/c17-10-3-1-9(2-4-10)13-16(23-15(20-13)14(19)21)22-12-7-5-11(18)6-8-12/h1-8H,(H2,19,21). The van der Waals surface area contributed by atoms with Crippen LogP contribution in [0.2, 0.25) is 0 Å². The van der Waals surface area contributed by atoms with Crippen molar-refractivity contribution in [3.63, 3.8) is 0 Å². The van der Waals surface area contributed by atoms with Gasteiger partial charge in [-0.3, -0.25) is 4.79 Å². The number of rotatable bonds is 4. The van der Waals surface area contributed by atoms with Crippen LogP contribution in [0.1, 0.15) is 9.80 Å². The Bertz CT molecular complexity index is 846. The van der Waals surface area contributed by atoms with Crippen molar-refractivity contribution in [2.75, 3.05) is 0 Å². The predicted molar refractivity (Wildman–Crippen MR) is 82.5 cm³/mol. The molecule has 0 aliphatic carbocycles. The number of amides is 1. The summed E-state index contributed by atoms with van der Waals surface area (Å²) < 4.78 is 31.7. The van der Waals surface area contributed by atoms with E-state index >= 15 is 0 Å². The SMILES string of the molecule is NC(=O)c1nc(-c2ccc(F)cc2)c(Oc2ccc(F)cc2)s1. The minimum Gasteiger partial charge on any atom is -0.444 e. The number of hydrogen-bond donors (Lipinski definition) is 1. The summed E-state index contributed by atoms with van der Waals surface area (Å²) in [5, 5.41) is 0.387. The zero-order chi connectivity index (χ0) is 16.4. The highest BCUT2D eigenvalue weighted by molar-refractivity contribution is 7.15. The number of thiazole rings is 1. The molecule has 0 fully saturated rings. The number of aromatic nitrogens is 1. The molecule has 0 saturated heterocycles. The van der Waals surface area contributed by atoms with Gasteiger partial charge in [0, 0.05) is 5.56 Å². The number of carbonyl (C=O) groups is 1. The molecule has 1 amide bonds. The van der Waals surface area contributed by atoms with Crippen molar-refractivity contribution in [3.05, 3.63) is 65.2 Å². The number of hydrogen-bond acceptors (Lipinski definition) is 4. The van der Waals surface area contributed by atoms with Gasteiger partial charge in [-0.25, -0.2) is 13.8 Å². The van der Waals surface area contributed by atoms with E-state index in [0.717, 1.165) is 11.3 Å². The quantitative estimate of drug-likeness (QED) is 0.786. The van der Waals surface area contributed by atoms with Crippen LogP contribution < -0.4 is 10.5 Å². The number of ether oxygens (including phenoxy) is 1. The second-order valence-corrected chi connectivity index (χ2v) is 5.54. The Hall–Kier alpha value is -2.80. The molecule has 0 spiro atoms. The molecule has 0 bridgehead atoms. The number of halogens is 2. The molecule has 3 aromatic rings. The van der Waals surface area contributed by atoms with Crippen LogP contribution in [0.5, 0.6) is 10.8 Å². The molecule has 0 aliphatic rings. The van der Waals surface area contributed by atoms with Crippen molar-refractivity contribution in [2.24, 2.45) is 5.73 Å². The van der Waals surface area contributed by atoms with Crippen LogP contribution in [0.25, 0.3) is 11.3 Å². The lowest BCUT2D eigenvalue weighted by atomic mass is 10.2. The molecule has 1 aromatic heterocycles. The zero-order valence-electron chi connectivity index (χ0n) is 11.6. The van der Waals surface area contributed by atoms with Crippen LogP contribution >= 0.6 is 11.3 Å². The molecular formula is C16H10F2N2O2S. The van der Waals surface area contributed by atoms with Gasteiger partial charge >= 0.3 is 0 Å². The highest BCUT2D eigenvalue weighted by Gasteiger charge is 2.18. The maximum atomic E-state index is 13.1. The lowest BCUT2D eigenvalue weighted by molar-refractivity contribution is 0.1000. The Balaban J connectivity index is 2.02. The van der Waals surface area contributed by atoms with Crippen LogP contribution in [0.3, 0.4) is 0 Å². The summed E-state index contributed by atoms with van der Waals surface area (Å²) in [5.74, 6) is -1.08. The van der Waals surface area contributed by atoms with Gasteiger partial charge in [0.15, 0.2) is 5.01 Å². The second-order valence-electron chi connectivity index (χ2n) is 4.58. The third-order valence-corrected chi connectivity index (χ3v) is 3.90. The number of primary amides is 1. The van der Waals surface area contributed by atoms with Gasteiger partial charge in [0.1, 0.15) is 23.1 Å². The first kappa shape index (κ1) is 15.1. The Morgan fingerprint density at radius 2 is 1.57 bits per heavy atom. The van der Waals surface area contributed by atoms with E-state index in [1.165, 1.54) is 48.5 Å². The molecule has 2 N–H and O–H groups in total. The molecule has 3 rings (SSSR count). The maximum Gasteiger partial charge on any atom is 0.277 e. The van der Waals surface area contributed by atoms with E-state index in [1.807, 2.05) is 0 Å². The van der Waals surface area contributed by atoms with Crippen molar-refractivity contribution < 1.29 is 18.3 Å². The Morgan fingerprint density at radius 3 is 2.13 bits per heavy atom. The average Bonchev–Trinajstić information content (AvgIpc) is 2.94. The summed E-state index contributed by atoms with van der Waals surface area (Å²) >= 11 is 0.970. The first-order chi connectivity index (χ1) is 11.0. The van der Waals surface area contributed by atoms with Crippen LogP contribution in [-0.4, -0.2) is 10.9 Å². The molecule has 0 unspecified atom stereocenters. The number of nitrogens with zero attached hydrogens (tertiary/aromatic N) is 1. The summed E-state index contributed by atoms with van der Waals surface area (Å²) in [5.41, 5.74) is 6.20. The smallest absolute Gasteiger partial charge is 0.277 e. The van der Waals surface area contributed by atoms with Gasteiger partial charge in [0.25, 0.3) is 5.91 Å². The Kier molecular flexibility index (Phi) is 4.03. The fraction of sp³-hybridized carbons (Fsp3) is 0. The lowest BCUT2D eigenvalue weighted by Crippen LogP contribution is -2.10. The molecular weight excluding hydrogens is 322 g/mol. The molecule has 0 atom stereocenters. The van der Waals surface area contributed by atoms with Crippen LogP contribution in [0.4, 0.5) is 8.78 Å². The highest BCUT2D eigenvalue weighted by Crippen LogP contribution is 2.38. The summed E-state index contributed by atoms with van der Waals surface area (Å²) in [6.07, 6.45) is 0. The van der Waals surface area contributed by atoms with Gasteiger partial charge in [0.05, 0.1) is 0 Å². The second kappa shape index (κ2) is 6.13. The molecule has 23 heavy (non-hydrogen) atoms. The fourth-order valence-electron chi connectivity index (χ4n) is 1.88. The Morgan fingerprint density at radius 1 is 1.00 bits per heavy atom. The minimum atomic E-state index is -0.688. The summed E-state index contributed by atoms with van der Waals surface area (Å²) in [6, 6.07) is 11.0. The van der Waals surface area contributed by atoms with E-state index in [2.05, 4.69) is 4.98 Å². The highest BCUT2D eigenvalue weighted by atomic mass is 32.1. The minimum absolute atomic E-state index is 0.0708. The molecule has 1 heterocycles. The summed E-state index contributed by atoms with van der Waals surface area (Å²) in [6.45, 7) is 0. The van der Waals surface area contributed by atoms with E-state index in [-0.39, 0.29) is 10.8 Å². The van der Waals surface area contributed by atoms with E-state index in [9.17, 15) is 13.6 Å². The first-order valence-corrected chi connectivity index (χ1v) is 7.34. The van der Waals surface area contributed by atoms with Crippen LogP contribution in [-0.2, 0) is 0 Å². The number of benzene rings is 2. The van der Waals surface area contributed by atoms with Crippen molar-refractivity contribution in [3.8, 4) is 22.1 Å². The van der Waals surface area contributed by atoms with Gasteiger partial charge in [-0.05, 0) is 48.5 Å². The van der Waals surface area contributed by atoms with E-state index < -0.39 is 11.7 Å². The normalized spacial score (nSPS) is 10.5. The van der Waals surface area contributed by atoms with Crippen molar-refractivity contribution in [1.29, 1.82) is 0 Å². The lowest BCUT2D eigenvalue weighted by Gasteiger charge is -2.05. The third-order valence-electron chi connectivity index (χ3n) is 2.95. The first-order valence-electron chi connectivity index (χ1n) is 6.53. The number of nitrogens with two attached hydrogens (primary N) is 1. The largest absolute Gasteiger partial charge is 0.444 e. The van der Waals surface area contributed by atoms with E-state index in [1.54, 1.807) is 0 Å². The van der Waals surface area contributed by atoms with Gasteiger partial charge in [-0.15, -0.1) is 0 Å². The molecule has 2 aromatic carbocycles. The zero-order valence-corrected chi connectivity index (χ0v) is 12.4. The number of carbonyl (C=O) groups excluding carboxylic acids is 1. The monoisotopic (exact) mass is 332 g/mol. The maximum absolute atomic E-state index is 13.1. The van der Waals surface area contributed by atoms with Crippen molar-refractivity contribution in [2.45, 2.75) is 0 Å². The molecule has 0 aliphatic heterocycles. The van der Waals surface area contributed by atoms with Gasteiger partial charge in [0.2, 0.25) is 5.06 Å². The van der Waals surface area contributed by atoms with Crippen LogP contribution in [0.15, 0.2) is 48.5 Å². The third kappa shape index (κ3) is 3.35. The Labute approximate surface area is 134 Å². The topological polar surface area (TPSA) is 65.2 Å². The van der Waals surface area contributed by atoms with Crippen LogP contribution in [0, 0.1) is 11.6 Å². The van der Waals surface area contributed by atoms with Gasteiger partial charge < -0.3 is 10.5 Å². The molecule has 4 nitrogen and oxygen atoms in total. The molecule has 0 radical (unpaired) electrons. The predicted octanol–water partition coefficient (Wildman–Crippen LogP) is 3.98. The van der Waals surface area contributed by atoms with Gasteiger partial charge in [-0.2, -0.15) is 0 Å². The average molecular weight is 332 g/mol. The summed E-state index contributed by atoms with van der Waals surface area (Å²) in [7, 11) is 0. The summed E-state index contributed by atoms with van der Waals surface area (Å²) in [4.78, 5) is 15.5. The molecule has 116 valence electrons. The van der Waals surface area contributed by atoms with Crippen molar-refractivity contribution in [1.82, 2.24) is 4.98 Å². The fourth-order valence-corrected chi connectivity index (χ4v) is 2.69. The molecule has 0 saturated carbocycles. The van der Waals surface area contributed by atoms with Gasteiger partial charge in [-0.1, -0.05) is 11.3 Å². The van der Waals surface area contributed by atoms with E-state index in [4.69, 9.17) is 10.5 Å².